The number of nitrogens with zero attached hydrogens (tertiary/aromatic N) is 5. The lowest BCUT2D eigenvalue weighted by atomic mass is 10.0. The number of aromatic nitrogens is 3. The van der Waals surface area contributed by atoms with Crippen LogP contribution >= 0.6 is 0 Å². The van der Waals surface area contributed by atoms with Crippen LogP contribution in [0.15, 0.2) is 55.4 Å². The molecule has 3 aromatic rings. The molecule has 0 spiro atoms. The second kappa shape index (κ2) is 9.01. The van der Waals surface area contributed by atoms with Gasteiger partial charge in [0.05, 0.1) is 11.7 Å². The van der Waals surface area contributed by atoms with E-state index in [9.17, 15) is 9.59 Å². The van der Waals surface area contributed by atoms with Gasteiger partial charge in [-0.3, -0.25) is 14.6 Å². The van der Waals surface area contributed by atoms with Crippen LogP contribution in [0.25, 0.3) is 10.9 Å². The van der Waals surface area contributed by atoms with Gasteiger partial charge in [-0.2, -0.15) is 0 Å². The van der Waals surface area contributed by atoms with Gasteiger partial charge in [0.2, 0.25) is 5.91 Å². The first-order valence-corrected chi connectivity index (χ1v) is 10.4. The number of rotatable bonds is 6. The second-order valence-electron chi connectivity index (χ2n) is 7.72. The highest BCUT2D eigenvalue weighted by atomic mass is 16.2. The van der Waals surface area contributed by atoms with E-state index in [0.29, 0.717) is 18.9 Å². The standard InChI is InChI=1S/C23H25N7O2/c1-3-20(31)30-11-5-7-17(14-30)29(2)19-13-26-21(22(24)32)23(28-19)27-16-8-9-18-15(12-16)6-4-10-25-18/h3-4,6,8-10,12-13,17H,1,5,7,11,14H2,2H3,(H2,24,32)(H,27,28)/t17-/m1/s1. The van der Waals surface area contributed by atoms with Crippen LogP contribution in [-0.4, -0.2) is 57.8 Å². The molecule has 0 saturated carbocycles. The van der Waals surface area contributed by atoms with Gasteiger partial charge < -0.3 is 20.9 Å². The summed E-state index contributed by atoms with van der Waals surface area (Å²) in [5.74, 6) is 0.112. The van der Waals surface area contributed by atoms with E-state index in [0.717, 1.165) is 29.4 Å². The Kier molecular flexibility index (Phi) is 5.98. The number of carbonyl (C=O) groups is 2. The molecule has 9 heteroatoms. The van der Waals surface area contributed by atoms with Gasteiger partial charge in [-0.1, -0.05) is 12.6 Å². The van der Waals surface area contributed by atoms with E-state index in [1.807, 2.05) is 42.3 Å². The number of benzene rings is 1. The third kappa shape index (κ3) is 4.36. The number of nitrogens with two attached hydrogens (primary N) is 1. The number of likely N-dealkylation sites (tertiary alicyclic amines) is 1. The predicted molar refractivity (Wildman–Crippen MR) is 124 cm³/mol. The van der Waals surface area contributed by atoms with Gasteiger partial charge in [-0.05, 0) is 43.2 Å². The zero-order valence-corrected chi connectivity index (χ0v) is 17.9. The topological polar surface area (TPSA) is 117 Å². The van der Waals surface area contributed by atoms with Gasteiger partial charge in [0.1, 0.15) is 5.82 Å². The Morgan fingerprint density at radius 1 is 1.31 bits per heavy atom. The quantitative estimate of drug-likeness (QED) is 0.576. The van der Waals surface area contributed by atoms with Crippen molar-refractivity contribution in [3.8, 4) is 0 Å². The fourth-order valence-corrected chi connectivity index (χ4v) is 3.89. The summed E-state index contributed by atoms with van der Waals surface area (Å²) in [5.41, 5.74) is 7.19. The summed E-state index contributed by atoms with van der Waals surface area (Å²) in [6, 6.07) is 9.56. The third-order valence-corrected chi connectivity index (χ3v) is 5.65. The van der Waals surface area contributed by atoms with Crippen molar-refractivity contribution in [1.29, 1.82) is 0 Å². The van der Waals surface area contributed by atoms with Crippen LogP contribution in [0.2, 0.25) is 0 Å². The zero-order valence-electron chi connectivity index (χ0n) is 17.9. The van der Waals surface area contributed by atoms with Gasteiger partial charge in [0, 0.05) is 43.4 Å². The van der Waals surface area contributed by atoms with Crippen molar-refractivity contribution in [2.75, 3.05) is 30.4 Å². The van der Waals surface area contributed by atoms with Crippen molar-refractivity contribution >= 4 is 40.0 Å². The minimum Gasteiger partial charge on any atom is -0.364 e. The maximum atomic E-state index is 12.0. The number of piperidine rings is 1. The number of hydrogen-bond donors (Lipinski definition) is 2. The summed E-state index contributed by atoms with van der Waals surface area (Å²) in [7, 11) is 1.91. The van der Waals surface area contributed by atoms with E-state index < -0.39 is 5.91 Å². The minimum atomic E-state index is -0.669. The number of hydrogen-bond acceptors (Lipinski definition) is 7. The lowest BCUT2D eigenvalue weighted by Gasteiger charge is -2.37. The molecule has 0 aliphatic carbocycles. The Balaban J connectivity index is 1.61. The maximum Gasteiger partial charge on any atom is 0.271 e. The van der Waals surface area contributed by atoms with Crippen molar-refractivity contribution in [1.82, 2.24) is 19.9 Å². The molecule has 9 nitrogen and oxygen atoms in total. The van der Waals surface area contributed by atoms with E-state index in [-0.39, 0.29) is 23.5 Å². The lowest BCUT2D eigenvalue weighted by molar-refractivity contribution is -0.127. The average molecular weight is 432 g/mol. The third-order valence-electron chi connectivity index (χ3n) is 5.65. The van der Waals surface area contributed by atoms with Gasteiger partial charge in [0.25, 0.3) is 5.91 Å². The van der Waals surface area contributed by atoms with Crippen LogP contribution in [-0.2, 0) is 4.79 Å². The molecule has 2 amide bonds. The minimum absolute atomic E-state index is 0.0561. The number of fused-ring (bicyclic) bond motifs is 1. The predicted octanol–water partition coefficient (Wildman–Crippen LogP) is 2.48. The molecule has 3 heterocycles. The van der Waals surface area contributed by atoms with Crippen LogP contribution in [0.3, 0.4) is 0 Å². The number of primary amides is 1. The molecule has 32 heavy (non-hydrogen) atoms. The van der Waals surface area contributed by atoms with Crippen LogP contribution in [0.1, 0.15) is 23.3 Å². The lowest BCUT2D eigenvalue weighted by Crippen LogP contribution is -2.48. The molecule has 1 aliphatic rings. The van der Waals surface area contributed by atoms with Crippen molar-refractivity contribution in [2.24, 2.45) is 5.73 Å². The van der Waals surface area contributed by atoms with E-state index in [1.165, 1.54) is 12.3 Å². The van der Waals surface area contributed by atoms with Gasteiger partial charge in [-0.25, -0.2) is 9.97 Å². The van der Waals surface area contributed by atoms with E-state index in [1.54, 1.807) is 11.1 Å². The van der Waals surface area contributed by atoms with Gasteiger partial charge in [0.15, 0.2) is 11.5 Å². The van der Waals surface area contributed by atoms with Crippen LogP contribution < -0.4 is 16.0 Å². The highest BCUT2D eigenvalue weighted by Gasteiger charge is 2.27. The first kappa shape index (κ1) is 21.2. The highest BCUT2D eigenvalue weighted by Crippen LogP contribution is 2.25. The monoisotopic (exact) mass is 431 g/mol. The van der Waals surface area contributed by atoms with Crippen LogP contribution in [0.5, 0.6) is 0 Å². The summed E-state index contributed by atoms with van der Waals surface area (Å²) in [4.78, 5) is 41.0. The van der Waals surface area contributed by atoms with Crippen molar-refractivity contribution in [2.45, 2.75) is 18.9 Å². The molecule has 2 aromatic heterocycles. The highest BCUT2D eigenvalue weighted by molar-refractivity contribution is 5.96. The SMILES string of the molecule is C=CC(=O)N1CCC[C@@H](N(C)c2cnc(C(N)=O)c(Nc3ccc4ncccc4c3)n2)C1. The molecular formula is C23H25N7O2. The molecular weight excluding hydrogens is 406 g/mol. The van der Waals surface area contributed by atoms with E-state index >= 15 is 0 Å². The van der Waals surface area contributed by atoms with Crippen molar-refractivity contribution in [3.63, 3.8) is 0 Å². The molecule has 1 fully saturated rings. The fraction of sp³-hybridized carbons (Fsp3) is 0.261. The largest absolute Gasteiger partial charge is 0.364 e. The Hall–Kier alpha value is -4.01. The Morgan fingerprint density at radius 2 is 2.16 bits per heavy atom. The molecule has 1 atom stereocenters. The zero-order chi connectivity index (χ0) is 22.7. The smallest absolute Gasteiger partial charge is 0.271 e. The van der Waals surface area contributed by atoms with Gasteiger partial charge in [-0.15, -0.1) is 0 Å². The molecule has 3 N–H and O–H groups in total. The summed E-state index contributed by atoms with van der Waals surface area (Å²) >= 11 is 0. The molecule has 4 rings (SSSR count). The van der Waals surface area contributed by atoms with Crippen LogP contribution in [0.4, 0.5) is 17.3 Å². The van der Waals surface area contributed by atoms with Crippen LogP contribution in [0, 0.1) is 0 Å². The van der Waals surface area contributed by atoms with Crippen molar-refractivity contribution < 1.29 is 9.59 Å². The first-order chi connectivity index (χ1) is 15.5. The summed E-state index contributed by atoms with van der Waals surface area (Å²) in [6.45, 7) is 4.86. The number of nitrogens with one attached hydrogen (secondary N) is 1. The van der Waals surface area contributed by atoms with Crippen molar-refractivity contribution in [3.05, 3.63) is 61.1 Å². The molecule has 1 saturated heterocycles. The Labute approximate surface area is 186 Å². The fourth-order valence-electron chi connectivity index (χ4n) is 3.89. The number of carbonyl (C=O) groups excluding carboxylic acids is 2. The molecule has 0 unspecified atom stereocenters. The first-order valence-electron chi connectivity index (χ1n) is 10.4. The molecule has 0 bridgehead atoms. The number of likely N-dealkylation sites (N-methyl/N-ethyl adjacent to an activating group) is 1. The molecule has 1 aliphatic heterocycles. The Morgan fingerprint density at radius 3 is 2.94 bits per heavy atom. The maximum absolute atomic E-state index is 12.0. The molecule has 0 radical (unpaired) electrons. The average Bonchev–Trinajstić information content (AvgIpc) is 2.82. The molecule has 164 valence electrons. The van der Waals surface area contributed by atoms with E-state index in [2.05, 4.69) is 26.8 Å². The summed E-state index contributed by atoms with van der Waals surface area (Å²) < 4.78 is 0. The summed E-state index contributed by atoms with van der Waals surface area (Å²) in [5, 5.41) is 4.13. The normalized spacial score (nSPS) is 15.9. The van der Waals surface area contributed by atoms with E-state index in [4.69, 9.17) is 5.73 Å². The molecule has 1 aromatic carbocycles. The number of anilines is 3. The summed E-state index contributed by atoms with van der Waals surface area (Å²) in [6.07, 6.45) is 6.41. The number of amides is 2. The second-order valence-corrected chi connectivity index (χ2v) is 7.72. The van der Waals surface area contributed by atoms with Gasteiger partial charge >= 0.3 is 0 Å². The Bertz CT molecular complexity index is 1180. The number of pyridine rings is 1.